The molecule has 10 heteroatoms. The zero-order valence-corrected chi connectivity index (χ0v) is 18.0. The monoisotopic (exact) mass is 454 g/mol. The Kier molecular flexibility index (Phi) is 7.05. The second-order valence-electron chi connectivity index (χ2n) is 6.46. The lowest BCUT2D eigenvalue weighted by Crippen LogP contribution is -2.17. The van der Waals surface area contributed by atoms with Gasteiger partial charge in [0.25, 0.3) is 10.0 Å². The van der Waals surface area contributed by atoms with Crippen LogP contribution in [0.4, 0.5) is 15.2 Å². The van der Waals surface area contributed by atoms with Crippen LogP contribution < -0.4 is 10.0 Å². The van der Waals surface area contributed by atoms with Gasteiger partial charge in [-0.15, -0.1) is 0 Å². The van der Waals surface area contributed by atoms with E-state index in [4.69, 9.17) is 11.6 Å². The normalized spacial score (nSPS) is 12.5. The molecule has 1 atom stereocenters. The molecule has 0 unspecified atom stereocenters. The second-order valence-corrected chi connectivity index (χ2v) is 9.30. The summed E-state index contributed by atoms with van der Waals surface area (Å²) in [7, 11) is -4.16. The Balaban J connectivity index is 1.71. The first kappa shape index (κ1) is 21.5. The number of anilines is 2. The Morgan fingerprint density at radius 3 is 2.66 bits per heavy atom. The van der Waals surface area contributed by atoms with E-state index in [-0.39, 0.29) is 10.2 Å². The molecule has 0 saturated heterocycles. The molecule has 1 heterocycles. The Morgan fingerprint density at radius 1 is 1.24 bits per heavy atom. The van der Waals surface area contributed by atoms with Gasteiger partial charge in [0, 0.05) is 18.1 Å². The average Bonchev–Trinajstić information content (AvgIpc) is 3.20. The van der Waals surface area contributed by atoms with E-state index in [1.807, 2.05) is 18.2 Å². The number of hydrogen-bond acceptors (Lipinski definition) is 6. The van der Waals surface area contributed by atoms with Crippen molar-refractivity contribution in [2.75, 3.05) is 16.6 Å². The standard InChI is InChI=1S/C19H20ClFN4O2S2/c1-2-13(8-14-6-4-3-5-7-14)11-22-17-10-16(21)18(9-15(17)20)29(26,27)25-19-23-12-24-28-19/h3-7,9-10,12-13,22H,2,8,11H2,1H3,(H,23,24,25)/t13-/m0/s1. The van der Waals surface area contributed by atoms with Crippen LogP contribution in [0, 0.1) is 11.7 Å². The molecule has 2 aromatic carbocycles. The molecule has 0 radical (unpaired) electrons. The fraction of sp³-hybridized carbons (Fsp3) is 0.263. The lowest BCUT2D eigenvalue weighted by molar-refractivity contribution is 0.533. The summed E-state index contributed by atoms with van der Waals surface area (Å²) in [6.45, 7) is 2.67. The predicted molar refractivity (Wildman–Crippen MR) is 115 cm³/mol. The predicted octanol–water partition coefficient (Wildman–Crippen LogP) is 4.81. The number of aromatic nitrogens is 2. The maximum atomic E-state index is 14.6. The minimum Gasteiger partial charge on any atom is -0.383 e. The molecule has 6 nitrogen and oxygen atoms in total. The van der Waals surface area contributed by atoms with Crippen LogP contribution in [-0.4, -0.2) is 24.3 Å². The van der Waals surface area contributed by atoms with Gasteiger partial charge in [0.05, 0.1) is 10.7 Å². The van der Waals surface area contributed by atoms with E-state index in [0.717, 1.165) is 36.5 Å². The van der Waals surface area contributed by atoms with Crippen LogP contribution >= 0.6 is 23.1 Å². The van der Waals surface area contributed by atoms with Crippen LogP contribution in [0.25, 0.3) is 0 Å². The number of nitrogens with zero attached hydrogens (tertiary/aromatic N) is 2. The van der Waals surface area contributed by atoms with Crippen molar-refractivity contribution in [1.29, 1.82) is 0 Å². The Morgan fingerprint density at radius 2 is 2.00 bits per heavy atom. The average molecular weight is 455 g/mol. The summed E-state index contributed by atoms with van der Waals surface area (Å²) in [6.07, 6.45) is 3.02. The maximum absolute atomic E-state index is 14.6. The minimum atomic E-state index is -4.16. The smallest absolute Gasteiger partial charge is 0.266 e. The fourth-order valence-corrected chi connectivity index (χ4v) is 4.86. The van der Waals surface area contributed by atoms with Crippen molar-refractivity contribution in [2.45, 2.75) is 24.7 Å². The van der Waals surface area contributed by atoms with E-state index in [9.17, 15) is 12.8 Å². The molecule has 29 heavy (non-hydrogen) atoms. The molecule has 1 aromatic heterocycles. The Labute approximate surface area is 178 Å². The topological polar surface area (TPSA) is 84.0 Å². The van der Waals surface area contributed by atoms with Crippen molar-refractivity contribution in [3.05, 3.63) is 65.2 Å². The zero-order valence-electron chi connectivity index (χ0n) is 15.6. The Bertz CT molecular complexity index is 1050. The number of benzene rings is 2. The van der Waals surface area contributed by atoms with Crippen LogP contribution in [0.3, 0.4) is 0 Å². The molecular formula is C19H20ClFN4O2S2. The fourth-order valence-electron chi connectivity index (χ4n) is 2.82. The summed E-state index contributed by atoms with van der Waals surface area (Å²) in [5.74, 6) is -0.580. The highest BCUT2D eigenvalue weighted by atomic mass is 35.5. The summed E-state index contributed by atoms with van der Waals surface area (Å²) in [5, 5.41) is 3.32. The zero-order chi connectivity index (χ0) is 20.9. The SMILES string of the molecule is CC[C@H](CNc1cc(F)c(S(=O)(=O)Nc2ncns2)cc1Cl)Cc1ccccc1. The van der Waals surface area contributed by atoms with Crippen molar-refractivity contribution in [3.63, 3.8) is 0 Å². The van der Waals surface area contributed by atoms with Gasteiger partial charge < -0.3 is 5.32 Å². The highest BCUT2D eigenvalue weighted by molar-refractivity contribution is 7.93. The highest BCUT2D eigenvalue weighted by Gasteiger charge is 2.23. The van der Waals surface area contributed by atoms with Crippen molar-refractivity contribution in [2.24, 2.45) is 5.92 Å². The molecule has 0 aliphatic heterocycles. The third-order valence-electron chi connectivity index (χ3n) is 4.42. The lowest BCUT2D eigenvalue weighted by atomic mass is 9.97. The van der Waals surface area contributed by atoms with E-state index in [1.54, 1.807) is 0 Å². The lowest BCUT2D eigenvalue weighted by Gasteiger charge is -2.18. The van der Waals surface area contributed by atoms with Gasteiger partial charge in [-0.05, 0) is 30.0 Å². The van der Waals surface area contributed by atoms with E-state index in [0.29, 0.717) is 18.2 Å². The van der Waals surface area contributed by atoms with Gasteiger partial charge in [0.2, 0.25) is 5.13 Å². The largest absolute Gasteiger partial charge is 0.383 e. The van der Waals surface area contributed by atoms with Gasteiger partial charge in [-0.3, -0.25) is 4.72 Å². The number of halogens is 2. The summed E-state index contributed by atoms with van der Waals surface area (Å²) < 4.78 is 45.3. The van der Waals surface area contributed by atoms with Crippen LogP contribution in [0.2, 0.25) is 5.02 Å². The van der Waals surface area contributed by atoms with Gasteiger partial charge in [-0.2, -0.15) is 4.37 Å². The Hall–Kier alpha value is -2.23. The molecule has 0 fully saturated rings. The van der Waals surface area contributed by atoms with Crippen LogP contribution in [0.5, 0.6) is 0 Å². The van der Waals surface area contributed by atoms with Crippen LogP contribution in [0.1, 0.15) is 18.9 Å². The molecule has 0 amide bonds. The van der Waals surface area contributed by atoms with Crippen LogP contribution in [0.15, 0.2) is 53.7 Å². The molecule has 154 valence electrons. The summed E-state index contributed by atoms with van der Waals surface area (Å²) >= 11 is 7.08. The van der Waals surface area contributed by atoms with E-state index < -0.39 is 20.7 Å². The molecule has 0 bridgehead atoms. The third kappa shape index (κ3) is 5.65. The summed E-state index contributed by atoms with van der Waals surface area (Å²) in [4.78, 5) is 3.20. The van der Waals surface area contributed by atoms with Crippen molar-refractivity contribution >= 4 is 44.0 Å². The minimum absolute atomic E-state index is 0.0504. The molecule has 0 spiro atoms. The van der Waals surface area contributed by atoms with Gasteiger partial charge in [-0.1, -0.05) is 55.3 Å². The number of nitrogens with one attached hydrogen (secondary N) is 2. The first-order valence-corrected chi connectivity index (χ1v) is 11.6. The molecule has 2 N–H and O–H groups in total. The molecule has 0 saturated carbocycles. The van der Waals surface area contributed by atoms with E-state index >= 15 is 0 Å². The number of sulfonamides is 1. The van der Waals surface area contributed by atoms with Crippen molar-refractivity contribution < 1.29 is 12.8 Å². The third-order valence-corrected chi connectivity index (χ3v) is 6.80. The first-order chi connectivity index (χ1) is 13.9. The number of hydrogen-bond donors (Lipinski definition) is 2. The van der Waals surface area contributed by atoms with Crippen LogP contribution in [-0.2, 0) is 16.4 Å². The molecular weight excluding hydrogens is 435 g/mol. The summed E-state index contributed by atoms with van der Waals surface area (Å²) in [6, 6.07) is 12.3. The molecule has 3 rings (SSSR count). The van der Waals surface area contributed by atoms with Gasteiger partial charge in [0.1, 0.15) is 17.0 Å². The quantitative estimate of drug-likeness (QED) is 0.484. The number of rotatable bonds is 9. The second kappa shape index (κ2) is 9.51. The van der Waals surface area contributed by atoms with Gasteiger partial charge in [-0.25, -0.2) is 17.8 Å². The molecule has 0 aliphatic carbocycles. The maximum Gasteiger partial charge on any atom is 0.266 e. The van der Waals surface area contributed by atoms with Crippen molar-refractivity contribution in [1.82, 2.24) is 9.36 Å². The van der Waals surface area contributed by atoms with Gasteiger partial charge >= 0.3 is 0 Å². The molecule has 3 aromatic rings. The van der Waals surface area contributed by atoms with Crippen molar-refractivity contribution in [3.8, 4) is 0 Å². The molecule has 0 aliphatic rings. The summed E-state index contributed by atoms with van der Waals surface area (Å²) in [5.41, 5.74) is 1.58. The van der Waals surface area contributed by atoms with Gasteiger partial charge in [0.15, 0.2) is 0 Å². The van der Waals surface area contributed by atoms with E-state index in [2.05, 4.69) is 38.5 Å². The first-order valence-electron chi connectivity index (χ1n) is 8.95. The highest BCUT2D eigenvalue weighted by Crippen LogP contribution is 2.30. The van der Waals surface area contributed by atoms with E-state index in [1.165, 1.54) is 11.9 Å².